The fraction of sp³-hybridized carbons (Fsp3) is 0.184. The molecule has 0 saturated heterocycles. The van der Waals surface area contributed by atoms with Gasteiger partial charge >= 0.3 is 0 Å². The fourth-order valence-corrected chi connectivity index (χ4v) is 7.99. The largest absolute Gasteiger partial charge is 0.505 e. The zero-order chi connectivity index (χ0) is 49.5. The molecule has 18 nitrogen and oxygen atoms in total. The van der Waals surface area contributed by atoms with Crippen molar-refractivity contribution in [1.82, 2.24) is 0 Å². The predicted octanol–water partition coefficient (Wildman–Crippen LogP) is 14.4. The molecule has 7 aromatic carbocycles. The summed E-state index contributed by atoms with van der Waals surface area (Å²) in [6, 6.07) is 32.9. The topological polar surface area (TPSA) is 258 Å². The van der Waals surface area contributed by atoms with Crippen LogP contribution in [-0.2, 0) is 20.2 Å². The maximum atomic E-state index is 11.8. The lowest BCUT2D eigenvalue weighted by molar-refractivity contribution is 0.317. The van der Waals surface area contributed by atoms with Crippen molar-refractivity contribution in [2.24, 2.45) is 40.9 Å². The van der Waals surface area contributed by atoms with Crippen LogP contribution >= 0.6 is 0 Å². The Morgan fingerprint density at radius 1 is 0.522 bits per heavy atom. The number of nitrogens with one attached hydrogen (secondary N) is 1. The second kappa shape index (κ2) is 21.0. The maximum absolute atomic E-state index is 11.8. The average molecular weight is 970 g/mol. The second-order valence-electron chi connectivity index (χ2n) is 15.9. The summed E-state index contributed by atoms with van der Waals surface area (Å²) in [5.74, 6) is 0.490. The number of hydrogen-bond acceptors (Lipinski definition) is 16. The number of phenolic OH excluding ortho intramolecular Hbond substituents is 1. The van der Waals surface area contributed by atoms with Crippen molar-refractivity contribution in [3.63, 3.8) is 0 Å². The number of aromatic hydroxyl groups is 1. The molecule has 0 saturated carbocycles. The van der Waals surface area contributed by atoms with Gasteiger partial charge in [-0.15, -0.1) is 15.3 Å². The zero-order valence-corrected chi connectivity index (χ0v) is 39.9. The Hall–Kier alpha value is -7.78. The predicted molar refractivity (Wildman–Crippen MR) is 264 cm³/mol. The van der Waals surface area contributed by atoms with E-state index in [9.17, 15) is 31.0 Å². The Morgan fingerprint density at radius 3 is 1.54 bits per heavy atom. The van der Waals surface area contributed by atoms with Gasteiger partial charge in [0.15, 0.2) is 5.75 Å². The van der Waals surface area contributed by atoms with Gasteiger partial charge in [-0.25, -0.2) is 0 Å². The van der Waals surface area contributed by atoms with Crippen molar-refractivity contribution in [3.8, 4) is 17.2 Å². The summed E-state index contributed by atoms with van der Waals surface area (Å²) < 4.78 is 76.5. The summed E-state index contributed by atoms with van der Waals surface area (Å²) in [4.78, 5) is -0.367. The summed E-state index contributed by atoms with van der Waals surface area (Å²) in [6.07, 6.45) is -0.00121. The van der Waals surface area contributed by atoms with Gasteiger partial charge in [0.2, 0.25) is 0 Å². The van der Waals surface area contributed by atoms with Gasteiger partial charge < -0.3 is 19.9 Å². The van der Waals surface area contributed by atoms with Crippen LogP contribution < -0.4 is 14.8 Å². The zero-order valence-electron chi connectivity index (χ0n) is 38.3. The molecule has 0 aliphatic rings. The van der Waals surface area contributed by atoms with Gasteiger partial charge in [0.25, 0.3) is 20.2 Å². The van der Waals surface area contributed by atoms with E-state index in [4.69, 9.17) is 9.47 Å². The number of nitrogens with zero attached hydrogens (tertiary/aromatic N) is 8. The van der Waals surface area contributed by atoms with E-state index in [0.717, 1.165) is 33.6 Å². The van der Waals surface area contributed by atoms with Crippen molar-refractivity contribution in [3.05, 3.63) is 143 Å². The van der Waals surface area contributed by atoms with Gasteiger partial charge in [-0.3, -0.25) is 9.11 Å². The SMILES string of the molecule is COc1ccc(Nc2ccc3c(O)c(N=Nc4cc(C)c(N=Nc5cc(C)c(N=Nc6cc(C)c(N=Nc7ccccc7S(=O)(=O)O)cc6C)cc5OCCCS(=O)(=O)O)cc4C)ccc3c2)cc1. The summed E-state index contributed by atoms with van der Waals surface area (Å²) in [7, 11) is -7.11. The molecule has 0 atom stereocenters. The van der Waals surface area contributed by atoms with Crippen LogP contribution in [0.25, 0.3) is 10.8 Å². The minimum Gasteiger partial charge on any atom is -0.505 e. The molecular formula is C49H47N9O9S2. The number of hydrogen-bond donors (Lipinski definition) is 4. The van der Waals surface area contributed by atoms with Crippen LogP contribution in [0, 0.1) is 34.6 Å². The van der Waals surface area contributed by atoms with E-state index < -0.39 is 26.0 Å². The van der Waals surface area contributed by atoms with Gasteiger partial charge in [-0.05, 0) is 165 Å². The van der Waals surface area contributed by atoms with Gasteiger partial charge in [-0.1, -0.05) is 18.2 Å². The Kier molecular flexibility index (Phi) is 15.0. The smallest absolute Gasteiger partial charge is 0.296 e. The summed E-state index contributed by atoms with van der Waals surface area (Å²) in [5.41, 5.74) is 8.31. The van der Waals surface area contributed by atoms with Crippen LogP contribution in [0.2, 0.25) is 0 Å². The van der Waals surface area contributed by atoms with E-state index in [1.54, 1.807) is 57.4 Å². The van der Waals surface area contributed by atoms with Crippen molar-refractivity contribution in [2.75, 3.05) is 24.8 Å². The van der Waals surface area contributed by atoms with E-state index in [1.165, 1.54) is 18.2 Å². The Bertz CT molecular complexity index is 3430. The Labute approximate surface area is 398 Å². The average Bonchev–Trinajstić information content (AvgIpc) is 3.30. The van der Waals surface area contributed by atoms with Gasteiger partial charge in [0.05, 0.1) is 47.9 Å². The third kappa shape index (κ3) is 12.6. The molecule has 4 N–H and O–H groups in total. The van der Waals surface area contributed by atoms with Crippen molar-refractivity contribution < 1.29 is 40.5 Å². The molecule has 0 bridgehead atoms. The summed E-state index contributed by atoms with van der Waals surface area (Å²) in [5, 5.41) is 51.1. The van der Waals surface area contributed by atoms with E-state index in [1.807, 2.05) is 81.4 Å². The third-order valence-electron chi connectivity index (χ3n) is 10.7. The maximum Gasteiger partial charge on any atom is 0.296 e. The van der Waals surface area contributed by atoms with Crippen LogP contribution in [0.4, 0.5) is 56.9 Å². The first-order valence-electron chi connectivity index (χ1n) is 21.2. The van der Waals surface area contributed by atoms with Crippen molar-refractivity contribution in [2.45, 2.75) is 45.9 Å². The van der Waals surface area contributed by atoms with Gasteiger partial charge in [0, 0.05) is 22.8 Å². The van der Waals surface area contributed by atoms with E-state index in [-0.39, 0.29) is 35.1 Å². The molecule has 0 amide bonds. The van der Waals surface area contributed by atoms with Crippen molar-refractivity contribution >= 4 is 87.9 Å². The number of methoxy groups -OCH3 is 1. The van der Waals surface area contributed by atoms with Crippen LogP contribution in [-0.4, -0.2) is 50.5 Å². The molecule has 0 unspecified atom stereocenters. The first-order valence-corrected chi connectivity index (χ1v) is 24.3. The van der Waals surface area contributed by atoms with Crippen LogP contribution in [0.1, 0.15) is 34.2 Å². The minimum absolute atomic E-state index is 0.00121. The third-order valence-corrected chi connectivity index (χ3v) is 12.4. The van der Waals surface area contributed by atoms with Crippen LogP contribution in [0.5, 0.6) is 17.2 Å². The van der Waals surface area contributed by atoms with Crippen molar-refractivity contribution in [1.29, 1.82) is 0 Å². The minimum atomic E-state index is -4.51. The van der Waals surface area contributed by atoms with Crippen LogP contribution in [0.3, 0.4) is 0 Å². The Morgan fingerprint density at radius 2 is 1.00 bits per heavy atom. The van der Waals surface area contributed by atoms with E-state index >= 15 is 0 Å². The van der Waals surface area contributed by atoms with Gasteiger partial charge in [-0.2, -0.15) is 42.4 Å². The molecule has 0 aliphatic heterocycles. The molecule has 0 spiro atoms. The molecule has 69 heavy (non-hydrogen) atoms. The molecule has 0 fully saturated rings. The molecule has 0 aliphatic carbocycles. The number of azo groups is 4. The summed E-state index contributed by atoms with van der Waals surface area (Å²) >= 11 is 0. The standard InChI is InChI=1S/C49H47N9O9S2/c1-29-24-43(31(3)22-41(29)53-51-39-10-7-8-11-48(39)69(63,64)65)55-57-45-28-47(67-20-9-21-68(60,61)62)46(26-33(45)5)58-56-44-25-30(2)42(23-32(44)4)54-52-40-19-12-34-27-36(15-18-38(34)49(40)59)50-35-13-16-37(66-6)17-14-35/h7-8,10-19,22-28,50,59H,9,20-21H2,1-6H3,(H,60,61,62)(H,63,64,65). The molecule has 7 aromatic rings. The number of fused-ring (bicyclic) bond motifs is 1. The number of rotatable bonds is 17. The van der Waals surface area contributed by atoms with E-state index in [0.29, 0.717) is 61.9 Å². The lowest BCUT2D eigenvalue weighted by Gasteiger charge is -2.11. The number of benzene rings is 7. The molecule has 0 radical (unpaired) electrons. The first-order chi connectivity index (χ1) is 32.8. The molecule has 0 aromatic heterocycles. The van der Waals surface area contributed by atoms with E-state index in [2.05, 4.69) is 46.2 Å². The normalized spacial score (nSPS) is 12.3. The quantitative estimate of drug-likeness (QED) is 0.0381. The molecular weight excluding hydrogens is 923 g/mol. The lowest BCUT2D eigenvalue weighted by Crippen LogP contribution is -2.08. The fourth-order valence-electron chi connectivity index (χ4n) is 6.88. The Balaban J connectivity index is 1.10. The number of ether oxygens (including phenoxy) is 2. The highest BCUT2D eigenvalue weighted by Crippen LogP contribution is 2.41. The highest BCUT2D eigenvalue weighted by molar-refractivity contribution is 7.86. The van der Waals surface area contributed by atoms with Gasteiger partial charge in [0.1, 0.15) is 33.5 Å². The number of anilines is 2. The highest BCUT2D eigenvalue weighted by Gasteiger charge is 2.16. The number of aryl methyl sites for hydroxylation is 5. The summed E-state index contributed by atoms with van der Waals surface area (Å²) in [6.45, 7) is 9.02. The lowest BCUT2D eigenvalue weighted by atomic mass is 10.1. The van der Waals surface area contributed by atoms with Crippen LogP contribution in [0.15, 0.2) is 161 Å². The highest BCUT2D eigenvalue weighted by atomic mass is 32.2. The number of phenols is 1. The molecule has 7 rings (SSSR count). The molecule has 0 heterocycles. The molecule has 354 valence electrons. The monoisotopic (exact) mass is 969 g/mol. The first kappa shape index (κ1) is 49.1. The molecule has 20 heteroatoms. The second-order valence-corrected chi connectivity index (χ2v) is 18.9.